The Morgan fingerprint density at radius 2 is 1.95 bits per heavy atom. The van der Waals surface area contributed by atoms with Gasteiger partial charge in [-0.1, -0.05) is 33.6 Å². The third-order valence-electron chi connectivity index (χ3n) is 2.88. The number of amides is 1. The van der Waals surface area contributed by atoms with Crippen molar-refractivity contribution in [2.24, 2.45) is 0 Å². The normalized spacial score (nSPS) is 10.5. The largest absolute Gasteiger partial charge is 0.337 e. The summed E-state index contributed by atoms with van der Waals surface area (Å²) >= 11 is 9.16. The molecule has 2 aromatic rings. The summed E-state index contributed by atoms with van der Waals surface area (Å²) in [7, 11) is 1.54. The quantitative estimate of drug-likeness (QED) is 0.765. The van der Waals surface area contributed by atoms with Crippen molar-refractivity contribution in [1.82, 2.24) is 4.90 Å². The van der Waals surface area contributed by atoms with Crippen molar-refractivity contribution in [2.45, 2.75) is 6.54 Å². The van der Waals surface area contributed by atoms with E-state index in [1.807, 2.05) is 0 Å². The molecule has 0 unspecified atom stereocenters. The number of carbonyl (C=O) groups excluding carboxylic acids is 1. The zero-order chi connectivity index (χ0) is 15.6. The van der Waals surface area contributed by atoms with E-state index in [4.69, 9.17) is 11.6 Å². The summed E-state index contributed by atoms with van der Waals surface area (Å²) in [5.41, 5.74) is 0.632. The minimum absolute atomic E-state index is 0.0368. The predicted molar refractivity (Wildman–Crippen MR) is 81.3 cm³/mol. The molecular weight excluding hydrogens is 364 g/mol. The van der Waals surface area contributed by atoms with E-state index in [1.165, 1.54) is 17.0 Å². The fraction of sp³-hybridized carbons (Fsp3) is 0.133. The third-order valence-corrected chi connectivity index (χ3v) is 3.55. The van der Waals surface area contributed by atoms with E-state index in [1.54, 1.807) is 19.2 Å². The molecule has 0 saturated carbocycles. The van der Waals surface area contributed by atoms with Crippen LogP contribution in [0.4, 0.5) is 8.78 Å². The number of benzene rings is 2. The first kappa shape index (κ1) is 15.9. The van der Waals surface area contributed by atoms with Gasteiger partial charge in [-0.3, -0.25) is 4.79 Å². The van der Waals surface area contributed by atoms with Gasteiger partial charge in [0.2, 0.25) is 0 Å². The van der Waals surface area contributed by atoms with Gasteiger partial charge in [0.25, 0.3) is 5.91 Å². The van der Waals surface area contributed by atoms with E-state index in [-0.39, 0.29) is 18.0 Å². The first-order valence-electron chi connectivity index (χ1n) is 6.02. The molecule has 0 spiro atoms. The summed E-state index contributed by atoms with van der Waals surface area (Å²) < 4.78 is 27.1. The number of hydrogen-bond acceptors (Lipinski definition) is 1. The van der Waals surface area contributed by atoms with Crippen molar-refractivity contribution in [1.29, 1.82) is 0 Å². The Hall–Kier alpha value is -1.46. The van der Waals surface area contributed by atoms with E-state index in [9.17, 15) is 13.6 Å². The number of rotatable bonds is 3. The van der Waals surface area contributed by atoms with E-state index < -0.39 is 11.6 Å². The third kappa shape index (κ3) is 4.02. The molecule has 21 heavy (non-hydrogen) atoms. The van der Waals surface area contributed by atoms with Crippen molar-refractivity contribution in [3.8, 4) is 0 Å². The Labute approximate surface area is 134 Å². The molecule has 2 nitrogen and oxygen atoms in total. The molecule has 1 amide bonds. The highest BCUT2D eigenvalue weighted by Gasteiger charge is 2.15. The van der Waals surface area contributed by atoms with E-state index in [2.05, 4.69) is 15.9 Å². The number of carbonyl (C=O) groups is 1. The maximum Gasteiger partial charge on any atom is 0.253 e. The van der Waals surface area contributed by atoms with Crippen LogP contribution in [-0.4, -0.2) is 17.9 Å². The second-order valence-electron chi connectivity index (χ2n) is 4.56. The van der Waals surface area contributed by atoms with Crippen LogP contribution in [0.25, 0.3) is 0 Å². The van der Waals surface area contributed by atoms with Crippen LogP contribution >= 0.6 is 27.5 Å². The van der Waals surface area contributed by atoms with Crippen LogP contribution in [0.3, 0.4) is 0 Å². The minimum Gasteiger partial charge on any atom is -0.337 e. The summed E-state index contributed by atoms with van der Waals surface area (Å²) in [5.74, 6) is -1.63. The van der Waals surface area contributed by atoms with Gasteiger partial charge in [-0.25, -0.2) is 8.78 Å². The summed E-state index contributed by atoms with van der Waals surface area (Å²) in [6.07, 6.45) is 0. The highest BCUT2D eigenvalue weighted by molar-refractivity contribution is 9.10. The Bertz CT molecular complexity index is 673. The van der Waals surface area contributed by atoms with E-state index in [0.717, 1.165) is 12.1 Å². The lowest BCUT2D eigenvalue weighted by Crippen LogP contribution is -2.26. The van der Waals surface area contributed by atoms with Gasteiger partial charge in [0.15, 0.2) is 0 Å². The SMILES string of the molecule is CN(Cc1ccc(F)cc1F)C(=O)c1cc(Cl)cc(Br)c1. The first-order chi connectivity index (χ1) is 9.86. The predicted octanol–water partition coefficient (Wildman–Crippen LogP) is 4.65. The summed E-state index contributed by atoms with van der Waals surface area (Å²) in [6.45, 7) is 0.0368. The van der Waals surface area contributed by atoms with Crippen molar-refractivity contribution in [2.75, 3.05) is 7.05 Å². The topological polar surface area (TPSA) is 20.3 Å². The molecule has 0 radical (unpaired) electrons. The van der Waals surface area contributed by atoms with Crippen molar-refractivity contribution in [3.63, 3.8) is 0 Å². The molecule has 0 saturated heterocycles. The molecule has 2 aromatic carbocycles. The standard InChI is InChI=1S/C15H11BrClF2NO/c1-20(8-9-2-3-13(18)7-14(9)19)15(21)10-4-11(16)6-12(17)5-10/h2-7H,8H2,1H3. The maximum atomic E-state index is 13.6. The van der Waals surface area contributed by atoms with Crippen molar-refractivity contribution in [3.05, 3.63) is 68.7 Å². The lowest BCUT2D eigenvalue weighted by molar-refractivity contribution is 0.0784. The molecule has 0 aliphatic carbocycles. The first-order valence-corrected chi connectivity index (χ1v) is 7.19. The van der Waals surface area contributed by atoms with Crippen molar-refractivity contribution < 1.29 is 13.6 Å². The van der Waals surface area contributed by atoms with Gasteiger partial charge in [-0.05, 0) is 24.3 Å². The molecule has 2 rings (SSSR count). The Kier molecular flexibility index (Phi) is 4.96. The molecule has 6 heteroatoms. The molecule has 110 valence electrons. The molecule has 0 aliphatic rings. The second kappa shape index (κ2) is 6.54. The minimum atomic E-state index is -0.679. The maximum absolute atomic E-state index is 13.6. The molecule has 0 atom stereocenters. The van der Waals surface area contributed by atoms with Gasteiger partial charge in [0, 0.05) is 40.3 Å². The molecular formula is C15H11BrClF2NO. The van der Waals surface area contributed by atoms with Crippen LogP contribution in [0.2, 0.25) is 5.02 Å². The van der Waals surface area contributed by atoms with Gasteiger partial charge >= 0.3 is 0 Å². The van der Waals surface area contributed by atoms with Crippen molar-refractivity contribution >= 4 is 33.4 Å². The average Bonchev–Trinajstić information content (AvgIpc) is 2.40. The Balaban J connectivity index is 2.19. The fourth-order valence-electron chi connectivity index (χ4n) is 1.87. The molecule has 0 aromatic heterocycles. The number of hydrogen-bond donors (Lipinski definition) is 0. The van der Waals surface area contributed by atoms with Crippen LogP contribution in [-0.2, 0) is 6.54 Å². The summed E-state index contributed by atoms with van der Waals surface area (Å²) in [4.78, 5) is 13.6. The van der Waals surface area contributed by atoms with Crippen LogP contribution < -0.4 is 0 Å². The van der Waals surface area contributed by atoms with Crippen LogP contribution in [0.1, 0.15) is 15.9 Å². The molecule has 0 N–H and O–H groups in total. The lowest BCUT2D eigenvalue weighted by Gasteiger charge is -2.18. The summed E-state index contributed by atoms with van der Waals surface area (Å²) in [6, 6.07) is 8.11. The van der Waals surface area contributed by atoms with Gasteiger partial charge in [0.05, 0.1) is 0 Å². The van der Waals surface area contributed by atoms with E-state index >= 15 is 0 Å². The monoisotopic (exact) mass is 373 g/mol. The fourth-order valence-corrected chi connectivity index (χ4v) is 2.74. The highest BCUT2D eigenvalue weighted by Crippen LogP contribution is 2.21. The Morgan fingerprint density at radius 1 is 1.24 bits per heavy atom. The number of nitrogens with zero attached hydrogens (tertiary/aromatic N) is 1. The van der Waals surface area contributed by atoms with Gasteiger partial charge in [-0.2, -0.15) is 0 Å². The molecule has 0 bridgehead atoms. The van der Waals surface area contributed by atoms with Crippen LogP contribution in [0, 0.1) is 11.6 Å². The average molecular weight is 375 g/mol. The van der Waals surface area contributed by atoms with Gasteiger partial charge < -0.3 is 4.90 Å². The van der Waals surface area contributed by atoms with E-state index in [0.29, 0.717) is 15.1 Å². The second-order valence-corrected chi connectivity index (χ2v) is 5.91. The molecule has 0 aliphatic heterocycles. The highest BCUT2D eigenvalue weighted by atomic mass is 79.9. The summed E-state index contributed by atoms with van der Waals surface area (Å²) in [5, 5.41) is 0.425. The van der Waals surface area contributed by atoms with Gasteiger partial charge in [0.1, 0.15) is 11.6 Å². The smallest absolute Gasteiger partial charge is 0.253 e. The Morgan fingerprint density at radius 3 is 2.57 bits per heavy atom. The molecule has 0 heterocycles. The zero-order valence-electron chi connectivity index (χ0n) is 11.0. The van der Waals surface area contributed by atoms with Crippen LogP contribution in [0.5, 0.6) is 0 Å². The van der Waals surface area contributed by atoms with Crippen LogP contribution in [0.15, 0.2) is 40.9 Å². The lowest BCUT2D eigenvalue weighted by atomic mass is 10.1. The number of halogens is 4. The van der Waals surface area contributed by atoms with Gasteiger partial charge in [-0.15, -0.1) is 0 Å². The molecule has 0 fully saturated rings. The zero-order valence-corrected chi connectivity index (χ0v) is 13.4.